The largest absolute Gasteiger partial charge is 0.506 e. The average molecular weight is 382 g/mol. The fourth-order valence-electron chi connectivity index (χ4n) is 1.65. The molecule has 0 fully saturated rings. The molecule has 0 amide bonds. The molecule has 19 heavy (non-hydrogen) atoms. The van der Waals surface area contributed by atoms with Crippen LogP contribution in [0.4, 0.5) is 5.69 Å². The molecular formula is C14H10Br2N2O. The molecule has 0 aromatic heterocycles. The van der Waals surface area contributed by atoms with Crippen LogP contribution in [0, 0.1) is 11.3 Å². The van der Waals surface area contributed by atoms with Crippen molar-refractivity contribution in [2.45, 2.75) is 6.54 Å². The van der Waals surface area contributed by atoms with E-state index >= 15 is 0 Å². The predicted molar refractivity (Wildman–Crippen MR) is 82.0 cm³/mol. The van der Waals surface area contributed by atoms with Crippen molar-refractivity contribution in [2.24, 2.45) is 0 Å². The molecule has 2 N–H and O–H groups in total. The minimum absolute atomic E-state index is 0.212. The summed E-state index contributed by atoms with van der Waals surface area (Å²) in [5.41, 5.74) is 2.06. The van der Waals surface area contributed by atoms with E-state index in [1.165, 1.54) is 0 Å². The van der Waals surface area contributed by atoms with Gasteiger partial charge in [0.1, 0.15) is 11.8 Å². The van der Waals surface area contributed by atoms with Crippen molar-refractivity contribution >= 4 is 37.5 Å². The summed E-state index contributed by atoms with van der Waals surface area (Å²) in [6, 6.07) is 13.0. The van der Waals surface area contributed by atoms with Gasteiger partial charge < -0.3 is 10.4 Å². The lowest BCUT2D eigenvalue weighted by atomic mass is 10.1. The van der Waals surface area contributed by atoms with Gasteiger partial charge in [0.15, 0.2) is 0 Å². The number of rotatable bonds is 3. The Morgan fingerprint density at radius 1 is 1.21 bits per heavy atom. The van der Waals surface area contributed by atoms with E-state index in [1.807, 2.05) is 24.3 Å². The molecule has 0 aliphatic carbocycles. The van der Waals surface area contributed by atoms with Crippen LogP contribution in [0.3, 0.4) is 0 Å². The maximum atomic E-state index is 9.90. The number of nitriles is 1. The predicted octanol–water partition coefficient (Wildman–Crippen LogP) is 4.40. The molecular weight excluding hydrogens is 372 g/mol. The van der Waals surface area contributed by atoms with E-state index in [0.717, 1.165) is 15.7 Å². The minimum atomic E-state index is 0.212. The lowest BCUT2D eigenvalue weighted by Gasteiger charge is -2.10. The molecule has 0 heterocycles. The molecule has 96 valence electrons. The zero-order valence-corrected chi connectivity index (χ0v) is 13.0. The number of halogens is 2. The lowest BCUT2D eigenvalue weighted by molar-refractivity contribution is 0.465. The topological polar surface area (TPSA) is 56.0 Å². The van der Waals surface area contributed by atoms with Gasteiger partial charge in [-0.2, -0.15) is 5.26 Å². The number of hydrogen-bond acceptors (Lipinski definition) is 3. The van der Waals surface area contributed by atoms with Crippen molar-refractivity contribution < 1.29 is 5.11 Å². The van der Waals surface area contributed by atoms with Crippen molar-refractivity contribution in [3.8, 4) is 11.8 Å². The molecule has 0 spiro atoms. The number of phenols is 1. The van der Waals surface area contributed by atoms with Crippen LogP contribution in [0.5, 0.6) is 5.75 Å². The SMILES string of the molecule is N#Cc1ccc(Br)cc1NCc1cccc(Br)c1O. The normalized spacial score (nSPS) is 9.95. The van der Waals surface area contributed by atoms with E-state index in [4.69, 9.17) is 5.26 Å². The first-order valence-electron chi connectivity index (χ1n) is 5.51. The van der Waals surface area contributed by atoms with E-state index in [0.29, 0.717) is 16.6 Å². The van der Waals surface area contributed by atoms with Crippen LogP contribution < -0.4 is 5.32 Å². The quantitative estimate of drug-likeness (QED) is 0.828. The number of nitrogens with one attached hydrogen (secondary N) is 1. The standard InChI is InChI=1S/C14H10Br2N2O/c15-11-5-4-9(7-17)13(6-11)18-8-10-2-1-3-12(16)14(10)19/h1-6,18-19H,8H2. The summed E-state index contributed by atoms with van der Waals surface area (Å²) in [7, 11) is 0. The zero-order chi connectivity index (χ0) is 13.8. The van der Waals surface area contributed by atoms with Crippen LogP contribution in [0.2, 0.25) is 0 Å². The van der Waals surface area contributed by atoms with E-state index in [1.54, 1.807) is 12.1 Å². The molecule has 0 unspecified atom stereocenters. The van der Waals surface area contributed by atoms with Gasteiger partial charge in [-0.25, -0.2) is 0 Å². The Kier molecular flexibility index (Phi) is 4.46. The van der Waals surface area contributed by atoms with Crippen LogP contribution in [-0.2, 0) is 6.54 Å². The molecule has 0 aliphatic rings. The van der Waals surface area contributed by atoms with Crippen molar-refractivity contribution in [3.05, 3.63) is 56.5 Å². The van der Waals surface area contributed by atoms with Gasteiger partial charge in [-0.1, -0.05) is 28.1 Å². The maximum Gasteiger partial charge on any atom is 0.134 e. The molecule has 3 nitrogen and oxygen atoms in total. The van der Waals surface area contributed by atoms with Gasteiger partial charge in [-0.05, 0) is 40.2 Å². The van der Waals surface area contributed by atoms with Gasteiger partial charge in [-0.15, -0.1) is 0 Å². The van der Waals surface area contributed by atoms with Crippen LogP contribution in [0.15, 0.2) is 45.3 Å². The van der Waals surface area contributed by atoms with Gasteiger partial charge in [0, 0.05) is 16.6 Å². The molecule has 2 rings (SSSR count). The summed E-state index contributed by atoms with van der Waals surface area (Å²) in [6.45, 7) is 0.441. The number of nitrogens with zero attached hydrogens (tertiary/aromatic N) is 1. The summed E-state index contributed by atoms with van der Waals surface area (Å²) in [5, 5.41) is 22.1. The van der Waals surface area contributed by atoms with Gasteiger partial charge in [0.05, 0.1) is 15.7 Å². The lowest BCUT2D eigenvalue weighted by Crippen LogP contribution is -2.01. The van der Waals surface area contributed by atoms with Crippen molar-refractivity contribution in [1.29, 1.82) is 5.26 Å². The maximum absolute atomic E-state index is 9.90. The zero-order valence-electron chi connectivity index (χ0n) is 9.82. The van der Waals surface area contributed by atoms with Crippen LogP contribution >= 0.6 is 31.9 Å². The van der Waals surface area contributed by atoms with E-state index in [9.17, 15) is 5.11 Å². The average Bonchev–Trinajstić information content (AvgIpc) is 2.40. The highest BCUT2D eigenvalue weighted by molar-refractivity contribution is 9.10. The van der Waals surface area contributed by atoms with Gasteiger partial charge in [-0.3, -0.25) is 0 Å². The third kappa shape index (κ3) is 3.28. The summed E-state index contributed by atoms with van der Waals surface area (Å²) < 4.78 is 1.55. The molecule has 0 bridgehead atoms. The number of anilines is 1. The number of para-hydroxylation sites is 1. The van der Waals surface area contributed by atoms with Gasteiger partial charge in [0.25, 0.3) is 0 Å². The highest BCUT2D eigenvalue weighted by Gasteiger charge is 2.06. The molecule has 5 heteroatoms. The second kappa shape index (κ2) is 6.09. The number of aromatic hydroxyl groups is 1. The fraction of sp³-hybridized carbons (Fsp3) is 0.0714. The molecule has 0 saturated heterocycles. The number of phenolic OH excluding ortho intramolecular Hbond substituents is 1. The summed E-state index contributed by atoms with van der Waals surface area (Å²) >= 11 is 6.65. The van der Waals surface area contributed by atoms with Crippen molar-refractivity contribution in [3.63, 3.8) is 0 Å². The first-order chi connectivity index (χ1) is 9.11. The first kappa shape index (κ1) is 13.9. The smallest absolute Gasteiger partial charge is 0.134 e. The molecule has 0 aliphatic heterocycles. The third-order valence-corrected chi connectivity index (χ3v) is 3.77. The Hall–Kier alpha value is -1.51. The monoisotopic (exact) mass is 380 g/mol. The highest BCUT2D eigenvalue weighted by Crippen LogP contribution is 2.28. The fourth-order valence-corrected chi connectivity index (χ4v) is 2.42. The highest BCUT2D eigenvalue weighted by atomic mass is 79.9. The number of hydrogen-bond donors (Lipinski definition) is 2. The van der Waals surface area contributed by atoms with E-state index in [2.05, 4.69) is 43.2 Å². The third-order valence-electron chi connectivity index (χ3n) is 2.64. The summed E-state index contributed by atoms with van der Waals surface area (Å²) in [5.74, 6) is 0.212. The minimum Gasteiger partial charge on any atom is -0.506 e. The second-order valence-electron chi connectivity index (χ2n) is 3.90. The van der Waals surface area contributed by atoms with E-state index < -0.39 is 0 Å². The Balaban J connectivity index is 2.21. The van der Waals surface area contributed by atoms with Crippen molar-refractivity contribution in [2.75, 3.05) is 5.32 Å². The Bertz CT molecular complexity index is 650. The van der Waals surface area contributed by atoms with Gasteiger partial charge >= 0.3 is 0 Å². The molecule has 0 radical (unpaired) electrons. The van der Waals surface area contributed by atoms with Crippen LogP contribution in [0.1, 0.15) is 11.1 Å². The molecule has 0 atom stereocenters. The Morgan fingerprint density at radius 3 is 2.74 bits per heavy atom. The van der Waals surface area contributed by atoms with Crippen LogP contribution in [0.25, 0.3) is 0 Å². The van der Waals surface area contributed by atoms with Crippen LogP contribution in [-0.4, -0.2) is 5.11 Å². The van der Waals surface area contributed by atoms with E-state index in [-0.39, 0.29) is 5.75 Å². The molecule has 2 aromatic rings. The van der Waals surface area contributed by atoms with Gasteiger partial charge in [0.2, 0.25) is 0 Å². The van der Waals surface area contributed by atoms with Crippen molar-refractivity contribution in [1.82, 2.24) is 0 Å². The summed E-state index contributed by atoms with van der Waals surface area (Å²) in [4.78, 5) is 0. The molecule has 0 saturated carbocycles. The molecule has 2 aromatic carbocycles. The Morgan fingerprint density at radius 2 is 2.00 bits per heavy atom. The second-order valence-corrected chi connectivity index (χ2v) is 5.67. The summed E-state index contributed by atoms with van der Waals surface area (Å²) in [6.07, 6.45) is 0. The first-order valence-corrected chi connectivity index (χ1v) is 7.10. The Labute approximate surface area is 128 Å². The number of benzene rings is 2.